The van der Waals surface area contributed by atoms with Crippen LogP contribution in [0.25, 0.3) is 0 Å². The number of sulfonamides is 1. The number of nitrogens with zero attached hydrogens (tertiary/aromatic N) is 2. The van der Waals surface area contributed by atoms with Crippen LogP contribution in [0.15, 0.2) is 5.03 Å². The summed E-state index contributed by atoms with van der Waals surface area (Å²) in [5.41, 5.74) is 1.56. The number of hydrogen-bond acceptors (Lipinski definition) is 4. The molecule has 2 rings (SSSR count). The minimum absolute atomic E-state index is 0.115. The number of H-pyrrole nitrogens is 1. The highest BCUT2D eigenvalue weighted by molar-refractivity contribution is 7.89. The summed E-state index contributed by atoms with van der Waals surface area (Å²) in [6, 6.07) is 0.115. The topological polar surface area (TPSA) is 78.1 Å². The molecule has 0 amide bonds. The first-order valence-corrected chi connectivity index (χ1v) is 8.65. The fourth-order valence-electron chi connectivity index (χ4n) is 2.70. The third-order valence-electron chi connectivity index (χ3n) is 4.05. The van der Waals surface area contributed by atoms with Crippen molar-refractivity contribution in [1.29, 1.82) is 0 Å². The highest BCUT2D eigenvalue weighted by atomic mass is 32.2. The molecule has 20 heavy (non-hydrogen) atoms. The molecular weight excluding hydrogens is 276 g/mol. The standard InChI is InChI=1S/C13H24N4O2S/c1-4-14-9-12-10(2)15-16-13(12)20(18,19)17(3)11-7-5-6-8-11/h11,14H,4-9H2,1-3H3,(H,15,16). The largest absolute Gasteiger partial charge is 0.313 e. The Morgan fingerprint density at radius 3 is 2.65 bits per heavy atom. The molecule has 1 aromatic rings. The summed E-state index contributed by atoms with van der Waals surface area (Å²) in [4.78, 5) is 0. The number of aromatic amines is 1. The second kappa shape index (κ2) is 6.24. The van der Waals surface area contributed by atoms with Gasteiger partial charge in [0.05, 0.1) is 0 Å². The lowest BCUT2D eigenvalue weighted by molar-refractivity contribution is 0.371. The van der Waals surface area contributed by atoms with Gasteiger partial charge < -0.3 is 5.32 Å². The van der Waals surface area contributed by atoms with Gasteiger partial charge in [0.25, 0.3) is 10.0 Å². The van der Waals surface area contributed by atoms with Gasteiger partial charge in [-0.1, -0.05) is 19.8 Å². The average molecular weight is 300 g/mol. The molecular formula is C13H24N4O2S. The molecule has 114 valence electrons. The van der Waals surface area contributed by atoms with Crippen LogP contribution >= 0.6 is 0 Å². The number of nitrogens with one attached hydrogen (secondary N) is 2. The molecule has 1 aliphatic rings. The first-order valence-electron chi connectivity index (χ1n) is 7.21. The summed E-state index contributed by atoms with van der Waals surface area (Å²) in [7, 11) is -1.84. The monoisotopic (exact) mass is 300 g/mol. The van der Waals surface area contributed by atoms with Crippen LogP contribution in [-0.4, -0.2) is 42.6 Å². The van der Waals surface area contributed by atoms with Gasteiger partial charge in [0.2, 0.25) is 0 Å². The Bertz CT molecular complexity index is 547. The summed E-state index contributed by atoms with van der Waals surface area (Å²) < 4.78 is 27.0. The molecule has 1 heterocycles. The summed E-state index contributed by atoms with van der Waals surface area (Å²) in [6.45, 7) is 5.16. The molecule has 7 heteroatoms. The molecule has 0 unspecified atom stereocenters. The van der Waals surface area contributed by atoms with E-state index in [-0.39, 0.29) is 11.1 Å². The van der Waals surface area contributed by atoms with Crippen LogP contribution in [0, 0.1) is 6.92 Å². The predicted octanol–water partition coefficient (Wildman–Crippen LogP) is 1.39. The minimum atomic E-state index is -3.51. The van der Waals surface area contributed by atoms with E-state index in [1.54, 1.807) is 7.05 Å². The summed E-state index contributed by atoms with van der Waals surface area (Å²) in [5, 5.41) is 10.2. The van der Waals surface area contributed by atoms with E-state index in [9.17, 15) is 8.42 Å². The van der Waals surface area contributed by atoms with E-state index in [2.05, 4.69) is 15.5 Å². The number of aryl methyl sites for hydroxylation is 1. The predicted molar refractivity (Wildman–Crippen MR) is 77.9 cm³/mol. The van der Waals surface area contributed by atoms with Gasteiger partial charge in [-0.05, 0) is 26.3 Å². The molecule has 1 aromatic heterocycles. The van der Waals surface area contributed by atoms with Crippen LogP contribution in [0.1, 0.15) is 43.9 Å². The molecule has 0 aliphatic heterocycles. The van der Waals surface area contributed by atoms with Gasteiger partial charge in [-0.2, -0.15) is 9.40 Å². The Labute approximate surface area is 121 Å². The lowest BCUT2D eigenvalue weighted by atomic mass is 10.2. The molecule has 2 N–H and O–H groups in total. The van der Waals surface area contributed by atoms with Gasteiger partial charge in [0, 0.05) is 30.9 Å². The molecule has 6 nitrogen and oxygen atoms in total. The van der Waals surface area contributed by atoms with E-state index in [1.165, 1.54) is 4.31 Å². The number of aromatic nitrogens is 2. The van der Waals surface area contributed by atoms with E-state index in [4.69, 9.17) is 0 Å². The van der Waals surface area contributed by atoms with Crippen molar-refractivity contribution in [1.82, 2.24) is 19.8 Å². The molecule has 0 aromatic carbocycles. The van der Waals surface area contributed by atoms with Crippen molar-refractivity contribution in [2.75, 3.05) is 13.6 Å². The van der Waals surface area contributed by atoms with Crippen molar-refractivity contribution in [3.8, 4) is 0 Å². The maximum atomic E-state index is 12.7. The summed E-state index contributed by atoms with van der Waals surface area (Å²) in [5.74, 6) is 0. The van der Waals surface area contributed by atoms with E-state index in [0.717, 1.165) is 43.5 Å². The molecule has 0 atom stereocenters. The van der Waals surface area contributed by atoms with E-state index < -0.39 is 10.0 Å². The van der Waals surface area contributed by atoms with Crippen LogP contribution in [-0.2, 0) is 16.6 Å². The van der Waals surface area contributed by atoms with Crippen molar-refractivity contribution in [3.05, 3.63) is 11.3 Å². The lowest BCUT2D eigenvalue weighted by Gasteiger charge is -2.23. The molecule has 0 radical (unpaired) electrons. The average Bonchev–Trinajstić information content (AvgIpc) is 3.05. The summed E-state index contributed by atoms with van der Waals surface area (Å²) >= 11 is 0. The Balaban J connectivity index is 2.28. The molecule has 0 bridgehead atoms. The Morgan fingerprint density at radius 2 is 2.05 bits per heavy atom. The van der Waals surface area contributed by atoms with E-state index in [0.29, 0.717) is 6.54 Å². The van der Waals surface area contributed by atoms with Gasteiger partial charge in [-0.15, -0.1) is 0 Å². The van der Waals surface area contributed by atoms with Crippen LogP contribution in [0.3, 0.4) is 0 Å². The molecule has 0 spiro atoms. The van der Waals surface area contributed by atoms with Gasteiger partial charge >= 0.3 is 0 Å². The normalized spacial score (nSPS) is 17.2. The second-order valence-electron chi connectivity index (χ2n) is 5.37. The molecule has 1 aliphatic carbocycles. The van der Waals surface area contributed by atoms with Crippen LogP contribution < -0.4 is 5.32 Å². The fraction of sp³-hybridized carbons (Fsp3) is 0.769. The Kier molecular flexibility index (Phi) is 4.82. The third-order valence-corrected chi connectivity index (χ3v) is 5.93. The smallest absolute Gasteiger partial charge is 0.262 e. The number of hydrogen-bond donors (Lipinski definition) is 2. The zero-order valence-corrected chi connectivity index (χ0v) is 13.3. The van der Waals surface area contributed by atoms with E-state index >= 15 is 0 Å². The quantitative estimate of drug-likeness (QED) is 0.832. The van der Waals surface area contributed by atoms with Crippen molar-refractivity contribution in [2.24, 2.45) is 0 Å². The van der Waals surface area contributed by atoms with Crippen molar-refractivity contribution in [2.45, 2.75) is 57.1 Å². The van der Waals surface area contributed by atoms with Crippen molar-refractivity contribution in [3.63, 3.8) is 0 Å². The fourth-order valence-corrected chi connectivity index (χ4v) is 4.28. The number of rotatable bonds is 6. The highest BCUT2D eigenvalue weighted by Crippen LogP contribution is 2.28. The van der Waals surface area contributed by atoms with E-state index in [1.807, 2.05) is 13.8 Å². The second-order valence-corrected chi connectivity index (χ2v) is 7.28. The van der Waals surface area contributed by atoms with Crippen molar-refractivity contribution < 1.29 is 8.42 Å². The maximum Gasteiger partial charge on any atom is 0.262 e. The maximum absolute atomic E-state index is 12.7. The minimum Gasteiger partial charge on any atom is -0.313 e. The van der Waals surface area contributed by atoms with Crippen LogP contribution in [0.4, 0.5) is 0 Å². The zero-order valence-electron chi connectivity index (χ0n) is 12.4. The first-order chi connectivity index (χ1) is 9.48. The van der Waals surface area contributed by atoms with Crippen molar-refractivity contribution >= 4 is 10.0 Å². The summed E-state index contributed by atoms with van der Waals surface area (Å²) in [6.07, 6.45) is 4.10. The Morgan fingerprint density at radius 1 is 1.40 bits per heavy atom. The van der Waals surface area contributed by atoms with Crippen LogP contribution in [0.5, 0.6) is 0 Å². The SMILES string of the molecule is CCNCc1c(S(=O)(=O)N(C)C2CCCC2)n[nH]c1C. The lowest BCUT2D eigenvalue weighted by Crippen LogP contribution is -2.36. The Hall–Kier alpha value is -0.920. The molecule has 1 fully saturated rings. The third kappa shape index (κ3) is 2.89. The first kappa shape index (κ1) is 15.5. The highest BCUT2D eigenvalue weighted by Gasteiger charge is 2.33. The van der Waals surface area contributed by atoms with Gasteiger partial charge in [-0.3, -0.25) is 5.10 Å². The molecule has 0 saturated heterocycles. The van der Waals surface area contributed by atoms with Gasteiger partial charge in [-0.25, -0.2) is 8.42 Å². The van der Waals surface area contributed by atoms with Crippen LogP contribution in [0.2, 0.25) is 0 Å². The van der Waals surface area contributed by atoms with Gasteiger partial charge in [0.15, 0.2) is 5.03 Å². The zero-order chi connectivity index (χ0) is 14.8. The molecule has 1 saturated carbocycles. The van der Waals surface area contributed by atoms with Gasteiger partial charge in [0.1, 0.15) is 0 Å².